The quantitative estimate of drug-likeness (QED) is 0.435. The fourth-order valence-corrected chi connectivity index (χ4v) is 2.96. The van der Waals surface area contributed by atoms with Crippen molar-refractivity contribution >= 4 is 17.3 Å². The van der Waals surface area contributed by atoms with Crippen LogP contribution in [0.3, 0.4) is 0 Å². The standard InChI is InChI=1S/C19H18FNO3S/c1-2-3-9-23-17(22)11-16-18(14-8-10-25-12-14)24-19(21-16)13-4-6-15(20)7-5-13/h4-8,10,12H,2-3,9,11H2,1H3. The van der Waals surface area contributed by atoms with E-state index < -0.39 is 0 Å². The molecular weight excluding hydrogens is 341 g/mol. The van der Waals surface area contributed by atoms with E-state index in [0.29, 0.717) is 29.5 Å². The third kappa shape index (κ3) is 4.33. The number of hydrogen-bond acceptors (Lipinski definition) is 5. The number of hydrogen-bond donors (Lipinski definition) is 0. The summed E-state index contributed by atoms with van der Waals surface area (Å²) in [4.78, 5) is 16.5. The fourth-order valence-electron chi connectivity index (χ4n) is 2.32. The molecule has 25 heavy (non-hydrogen) atoms. The number of aromatic nitrogens is 1. The Bertz CT molecular complexity index is 825. The lowest BCUT2D eigenvalue weighted by Gasteiger charge is -2.02. The second-order valence-corrected chi connectivity index (χ2v) is 6.34. The molecule has 0 amide bonds. The first-order valence-corrected chi connectivity index (χ1v) is 9.05. The predicted molar refractivity (Wildman–Crippen MR) is 94.8 cm³/mol. The van der Waals surface area contributed by atoms with Gasteiger partial charge in [-0.3, -0.25) is 4.79 Å². The van der Waals surface area contributed by atoms with Crippen molar-refractivity contribution in [2.45, 2.75) is 26.2 Å². The maximum absolute atomic E-state index is 13.1. The van der Waals surface area contributed by atoms with Crippen LogP contribution in [0.25, 0.3) is 22.8 Å². The molecule has 0 saturated heterocycles. The number of thiophene rings is 1. The van der Waals surface area contributed by atoms with E-state index in [-0.39, 0.29) is 18.2 Å². The number of oxazole rings is 1. The van der Waals surface area contributed by atoms with E-state index in [2.05, 4.69) is 4.98 Å². The average Bonchev–Trinajstić information content (AvgIpc) is 3.25. The first-order chi connectivity index (χ1) is 12.2. The molecule has 0 aliphatic carbocycles. The summed E-state index contributed by atoms with van der Waals surface area (Å²) in [6.45, 7) is 2.45. The van der Waals surface area contributed by atoms with Crippen LogP contribution in [0.1, 0.15) is 25.5 Å². The van der Waals surface area contributed by atoms with Gasteiger partial charge in [0.15, 0.2) is 5.76 Å². The van der Waals surface area contributed by atoms with Crippen molar-refractivity contribution in [3.05, 3.63) is 52.6 Å². The van der Waals surface area contributed by atoms with Gasteiger partial charge in [-0.05, 0) is 42.1 Å². The number of ether oxygens (including phenoxy) is 1. The molecule has 0 aliphatic rings. The molecule has 0 unspecified atom stereocenters. The van der Waals surface area contributed by atoms with Gasteiger partial charge >= 0.3 is 5.97 Å². The van der Waals surface area contributed by atoms with Gasteiger partial charge in [-0.1, -0.05) is 13.3 Å². The Labute approximate surface area is 149 Å². The lowest BCUT2D eigenvalue weighted by atomic mass is 10.2. The van der Waals surface area contributed by atoms with Crippen molar-refractivity contribution in [1.82, 2.24) is 4.98 Å². The van der Waals surface area contributed by atoms with Crippen molar-refractivity contribution in [2.24, 2.45) is 0 Å². The molecule has 0 radical (unpaired) electrons. The lowest BCUT2D eigenvalue weighted by molar-refractivity contribution is -0.142. The first kappa shape index (κ1) is 17.4. The Morgan fingerprint density at radius 3 is 2.72 bits per heavy atom. The molecule has 4 nitrogen and oxygen atoms in total. The summed E-state index contributed by atoms with van der Waals surface area (Å²) in [5.41, 5.74) is 2.05. The van der Waals surface area contributed by atoms with Crippen molar-refractivity contribution in [3.63, 3.8) is 0 Å². The molecule has 1 aromatic carbocycles. The van der Waals surface area contributed by atoms with E-state index in [1.165, 1.54) is 23.5 Å². The Hall–Kier alpha value is -2.47. The van der Waals surface area contributed by atoms with Crippen molar-refractivity contribution in [1.29, 1.82) is 0 Å². The van der Waals surface area contributed by atoms with Gasteiger partial charge < -0.3 is 9.15 Å². The number of unbranched alkanes of at least 4 members (excludes halogenated alkanes) is 1. The SMILES string of the molecule is CCCCOC(=O)Cc1nc(-c2ccc(F)cc2)oc1-c1ccsc1. The molecule has 0 atom stereocenters. The van der Waals surface area contributed by atoms with Gasteiger partial charge in [0.05, 0.1) is 18.7 Å². The van der Waals surface area contributed by atoms with Crippen molar-refractivity contribution in [2.75, 3.05) is 6.61 Å². The number of rotatable bonds is 7. The highest BCUT2D eigenvalue weighted by atomic mass is 32.1. The van der Waals surface area contributed by atoms with Crippen LogP contribution in [0, 0.1) is 5.82 Å². The minimum Gasteiger partial charge on any atom is -0.465 e. The van der Waals surface area contributed by atoms with E-state index in [1.807, 2.05) is 23.8 Å². The van der Waals surface area contributed by atoms with Crippen LogP contribution < -0.4 is 0 Å². The zero-order valence-electron chi connectivity index (χ0n) is 13.8. The number of benzene rings is 1. The third-order valence-corrected chi connectivity index (χ3v) is 4.33. The molecule has 2 heterocycles. The van der Waals surface area contributed by atoms with Crippen LogP contribution in [0.15, 0.2) is 45.5 Å². The zero-order valence-corrected chi connectivity index (χ0v) is 14.6. The number of carbonyl (C=O) groups excluding carboxylic acids is 1. The Morgan fingerprint density at radius 2 is 2.04 bits per heavy atom. The number of nitrogens with zero attached hydrogens (tertiary/aromatic N) is 1. The Balaban J connectivity index is 1.87. The second kappa shape index (κ2) is 8.07. The van der Waals surface area contributed by atoms with E-state index in [4.69, 9.17) is 9.15 Å². The monoisotopic (exact) mass is 359 g/mol. The molecule has 3 rings (SSSR count). The third-order valence-electron chi connectivity index (χ3n) is 3.64. The van der Waals surface area contributed by atoms with Gasteiger partial charge in [-0.15, -0.1) is 0 Å². The minimum atomic E-state index is -0.330. The van der Waals surface area contributed by atoms with Crippen LogP contribution in [0.4, 0.5) is 4.39 Å². The maximum atomic E-state index is 13.1. The van der Waals surface area contributed by atoms with Crippen LogP contribution in [-0.4, -0.2) is 17.6 Å². The number of esters is 1. The summed E-state index contributed by atoms with van der Waals surface area (Å²) in [6, 6.07) is 7.81. The first-order valence-electron chi connectivity index (χ1n) is 8.11. The summed E-state index contributed by atoms with van der Waals surface area (Å²) >= 11 is 1.53. The maximum Gasteiger partial charge on any atom is 0.312 e. The molecule has 0 fully saturated rings. The summed E-state index contributed by atoms with van der Waals surface area (Å²) < 4.78 is 24.2. The second-order valence-electron chi connectivity index (χ2n) is 5.56. The smallest absolute Gasteiger partial charge is 0.312 e. The molecule has 0 spiro atoms. The largest absolute Gasteiger partial charge is 0.465 e. The molecule has 0 bridgehead atoms. The van der Waals surface area contributed by atoms with Crippen LogP contribution >= 0.6 is 11.3 Å². The molecule has 0 aliphatic heterocycles. The van der Waals surface area contributed by atoms with Gasteiger partial charge in [0.25, 0.3) is 0 Å². The highest BCUT2D eigenvalue weighted by Crippen LogP contribution is 2.31. The van der Waals surface area contributed by atoms with Crippen molar-refractivity contribution in [3.8, 4) is 22.8 Å². The summed E-state index contributed by atoms with van der Waals surface area (Å²) in [5.74, 6) is 0.252. The number of halogens is 1. The highest BCUT2D eigenvalue weighted by molar-refractivity contribution is 7.08. The summed E-state index contributed by atoms with van der Waals surface area (Å²) in [6.07, 6.45) is 1.84. The normalized spacial score (nSPS) is 10.8. The summed E-state index contributed by atoms with van der Waals surface area (Å²) in [7, 11) is 0. The zero-order chi connectivity index (χ0) is 17.6. The molecule has 0 saturated carbocycles. The van der Waals surface area contributed by atoms with Crippen molar-refractivity contribution < 1.29 is 18.3 Å². The molecule has 130 valence electrons. The van der Waals surface area contributed by atoms with Crippen LogP contribution in [-0.2, 0) is 16.0 Å². The van der Waals surface area contributed by atoms with Crippen LogP contribution in [0.2, 0.25) is 0 Å². The molecule has 0 N–H and O–H groups in total. The predicted octanol–water partition coefficient (Wildman–Crippen LogP) is 5.10. The van der Waals surface area contributed by atoms with Gasteiger partial charge in [0.1, 0.15) is 5.82 Å². The summed E-state index contributed by atoms with van der Waals surface area (Å²) in [5, 5.41) is 3.86. The topological polar surface area (TPSA) is 52.3 Å². The van der Waals surface area contributed by atoms with E-state index in [1.54, 1.807) is 12.1 Å². The molecule has 2 aromatic heterocycles. The van der Waals surface area contributed by atoms with E-state index >= 15 is 0 Å². The molecular formula is C19H18FNO3S. The van der Waals surface area contributed by atoms with Gasteiger partial charge in [0.2, 0.25) is 5.89 Å². The highest BCUT2D eigenvalue weighted by Gasteiger charge is 2.20. The minimum absolute atomic E-state index is 0.0413. The molecule has 3 aromatic rings. The van der Waals surface area contributed by atoms with Gasteiger partial charge in [-0.25, -0.2) is 9.37 Å². The van der Waals surface area contributed by atoms with E-state index in [9.17, 15) is 9.18 Å². The fraction of sp³-hybridized carbons (Fsp3) is 0.263. The van der Waals surface area contributed by atoms with Crippen LogP contribution in [0.5, 0.6) is 0 Å². The molecule has 6 heteroatoms. The number of carbonyl (C=O) groups is 1. The van der Waals surface area contributed by atoms with Gasteiger partial charge in [-0.2, -0.15) is 11.3 Å². The van der Waals surface area contributed by atoms with Gasteiger partial charge in [0, 0.05) is 16.5 Å². The Morgan fingerprint density at radius 1 is 1.24 bits per heavy atom. The lowest BCUT2D eigenvalue weighted by Crippen LogP contribution is -2.09. The Kier molecular flexibility index (Phi) is 5.60. The average molecular weight is 359 g/mol. The van der Waals surface area contributed by atoms with E-state index in [0.717, 1.165) is 18.4 Å².